The van der Waals surface area contributed by atoms with Crippen molar-refractivity contribution in [2.75, 3.05) is 35.2 Å². The first-order valence-corrected chi connectivity index (χ1v) is 17.9. The van der Waals surface area contributed by atoms with Crippen LogP contribution in [0.25, 0.3) is 11.2 Å². The largest absolute Gasteiger partial charge is 0.493 e. The summed E-state index contributed by atoms with van der Waals surface area (Å²) in [6.45, 7) is 3.05. The zero-order valence-corrected chi connectivity index (χ0v) is 29.4. The van der Waals surface area contributed by atoms with Crippen molar-refractivity contribution in [1.82, 2.24) is 39.4 Å². The third-order valence-electron chi connectivity index (χ3n) is 10.4. The molecule has 0 spiro atoms. The van der Waals surface area contributed by atoms with E-state index in [9.17, 15) is 24.9 Å². The molecule has 0 radical (unpaired) electrons. The van der Waals surface area contributed by atoms with Gasteiger partial charge in [0.15, 0.2) is 17.0 Å². The standard InChI is InChI=1S/C38H41N11O5/c1-22-35(52)49(38(54)42-22)29-17-28(31(50)32(29)51)48-21-41-30-33(40-19-27(23-9-4-2-5-10-23)24-11-6-3-7-12-24)45-36(46-34(30)48)47-16-14-26(20-47)44-37(53)43-25-13-8-15-39-18-25/h2-13,15,18,21,26-29,31-32,50-52H,14,16-17,19-20H2,1H3,(H,42,54)(H,40,45,46)(H2,43,44,53)/t26-,28-,29+,31+,32-/m1/s1. The average Bonchev–Trinajstić information content (AvgIpc) is 3.95. The van der Waals surface area contributed by atoms with E-state index < -0.39 is 30.0 Å². The number of H-pyrrole nitrogens is 1. The third kappa shape index (κ3) is 6.72. The second-order valence-electron chi connectivity index (χ2n) is 13.8. The number of carbonyl (C=O) groups excluding carboxylic acids is 1. The van der Waals surface area contributed by atoms with Crippen LogP contribution in [0.2, 0.25) is 0 Å². The van der Waals surface area contributed by atoms with Crippen LogP contribution in [0.15, 0.2) is 96.3 Å². The van der Waals surface area contributed by atoms with Gasteiger partial charge in [-0.25, -0.2) is 14.6 Å². The van der Waals surface area contributed by atoms with E-state index in [-0.39, 0.29) is 36.0 Å². The van der Waals surface area contributed by atoms with Gasteiger partial charge in [-0.3, -0.25) is 9.55 Å². The van der Waals surface area contributed by atoms with Gasteiger partial charge in [0.05, 0.1) is 36.0 Å². The molecule has 16 heteroatoms. The lowest BCUT2D eigenvalue weighted by molar-refractivity contribution is 0.00761. The number of anilines is 3. The molecule has 0 unspecified atom stereocenters. The summed E-state index contributed by atoms with van der Waals surface area (Å²) in [5.41, 5.74) is 3.40. The van der Waals surface area contributed by atoms with Crippen LogP contribution in [-0.4, -0.2) is 93.3 Å². The number of nitrogens with zero attached hydrogens (tertiary/aromatic N) is 7. The first-order chi connectivity index (χ1) is 26.2. The highest BCUT2D eigenvalue weighted by Gasteiger charge is 2.46. The van der Waals surface area contributed by atoms with Crippen molar-refractivity contribution >= 4 is 34.6 Å². The maximum atomic E-state index is 12.8. The summed E-state index contributed by atoms with van der Waals surface area (Å²) in [6.07, 6.45) is 2.88. The topological polar surface area (TPSA) is 211 Å². The SMILES string of the molecule is Cc1[nH]c(=O)n([C@H]2C[C@@H](n3cnc4c(NCC(c5ccccc5)c5ccccc5)nc(N5CC[C@@H](NC(=O)Nc6cccnc6)C5)nc43)[C@H](O)[C@@H]2O)c1O. The van der Waals surface area contributed by atoms with Crippen molar-refractivity contribution in [3.05, 3.63) is 119 Å². The molecular formula is C38H41N11O5. The Balaban J connectivity index is 1.12. The smallest absolute Gasteiger partial charge is 0.328 e. The molecule has 2 fully saturated rings. The number of fused-ring (bicyclic) bond motifs is 1. The van der Waals surface area contributed by atoms with E-state index in [4.69, 9.17) is 15.0 Å². The van der Waals surface area contributed by atoms with Crippen LogP contribution in [0, 0.1) is 6.92 Å². The van der Waals surface area contributed by atoms with Crippen LogP contribution in [0.4, 0.5) is 22.2 Å². The summed E-state index contributed by atoms with van der Waals surface area (Å²) in [6, 6.07) is 21.7. The molecule has 1 aliphatic heterocycles. The molecule has 16 nitrogen and oxygen atoms in total. The van der Waals surface area contributed by atoms with Gasteiger partial charge in [-0.2, -0.15) is 9.97 Å². The quantitative estimate of drug-likeness (QED) is 0.109. The molecule has 1 aliphatic carbocycles. The van der Waals surface area contributed by atoms with Gasteiger partial charge >= 0.3 is 11.7 Å². The van der Waals surface area contributed by atoms with Crippen LogP contribution < -0.4 is 26.5 Å². The second-order valence-corrected chi connectivity index (χ2v) is 13.8. The molecule has 5 atom stereocenters. The zero-order valence-electron chi connectivity index (χ0n) is 29.4. The molecule has 4 aromatic heterocycles. The number of rotatable bonds is 10. The highest BCUT2D eigenvalue weighted by Crippen LogP contribution is 2.41. The molecule has 1 saturated carbocycles. The van der Waals surface area contributed by atoms with Gasteiger partial charge in [0, 0.05) is 37.8 Å². The van der Waals surface area contributed by atoms with E-state index in [1.807, 2.05) is 41.3 Å². The van der Waals surface area contributed by atoms with E-state index in [0.29, 0.717) is 54.7 Å². The van der Waals surface area contributed by atoms with Gasteiger partial charge in [-0.05, 0) is 43.0 Å². The number of pyridine rings is 1. The highest BCUT2D eigenvalue weighted by molar-refractivity contribution is 5.89. The number of imidazole rings is 2. The minimum atomic E-state index is -1.36. The summed E-state index contributed by atoms with van der Waals surface area (Å²) in [7, 11) is 0. The second kappa shape index (κ2) is 14.6. The van der Waals surface area contributed by atoms with Crippen molar-refractivity contribution in [2.45, 2.75) is 56.0 Å². The number of hydrogen-bond donors (Lipinski definition) is 7. The lowest BCUT2D eigenvalue weighted by Crippen LogP contribution is -2.40. The van der Waals surface area contributed by atoms with Crippen molar-refractivity contribution in [2.24, 2.45) is 0 Å². The number of aromatic nitrogens is 7. The molecule has 1 saturated heterocycles. The Hall–Kier alpha value is -6.26. The molecule has 8 rings (SSSR count). The van der Waals surface area contributed by atoms with Crippen LogP contribution in [0.1, 0.15) is 47.7 Å². The summed E-state index contributed by atoms with van der Waals surface area (Å²) in [5.74, 6) is 0.571. The molecule has 2 amide bonds. The summed E-state index contributed by atoms with van der Waals surface area (Å²) >= 11 is 0. The predicted octanol–water partition coefficient (Wildman–Crippen LogP) is 3.28. The number of aromatic amines is 1. The summed E-state index contributed by atoms with van der Waals surface area (Å²) in [5, 5.41) is 42.6. The number of aromatic hydroxyl groups is 1. The van der Waals surface area contributed by atoms with Crippen molar-refractivity contribution < 1.29 is 20.1 Å². The number of amides is 2. The molecule has 6 aromatic rings. The monoisotopic (exact) mass is 731 g/mol. The lowest BCUT2D eigenvalue weighted by Gasteiger charge is -2.22. The Morgan fingerprint density at radius 2 is 1.70 bits per heavy atom. The predicted molar refractivity (Wildman–Crippen MR) is 202 cm³/mol. The van der Waals surface area contributed by atoms with Crippen molar-refractivity contribution in [1.29, 1.82) is 0 Å². The van der Waals surface area contributed by atoms with E-state index in [1.54, 1.807) is 42.3 Å². The minimum absolute atomic E-state index is 0.0231. The fourth-order valence-corrected chi connectivity index (χ4v) is 7.64. The normalized spacial score (nSPS) is 21.2. The number of aliphatic hydroxyl groups excluding tert-OH is 2. The highest BCUT2D eigenvalue weighted by atomic mass is 16.3. The number of nitrogens with one attached hydrogen (secondary N) is 4. The van der Waals surface area contributed by atoms with E-state index in [2.05, 4.69) is 50.2 Å². The number of aryl methyl sites for hydroxylation is 1. The minimum Gasteiger partial charge on any atom is -0.493 e. The number of benzene rings is 2. The first kappa shape index (κ1) is 34.8. The van der Waals surface area contributed by atoms with Gasteiger partial charge in [-0.1, -0.05) is 60.7 Å². The fourth-order valence-electron chi connectivity index (χ4n) is 7.64. The maximum absolute atomic E-state index is 12.8. The van der Waals surface area contributed by atoms with Crippen LogP contribution >= 0.6 is 0 Å². The molecule has 0 bridgehead atoms. The van der Waals surface area contributed by atoms with E-state index in [0.717, 1.165) is 15.7 Å². The van der Waals surface area contributed by atoms with E-state index in [1.165, 1.54) is 0 Å². The first-order valence-electron chi connectivity index (χ1n) is 17.9. The number of aliphatic hydroxyl groups is 2. The van der Waals surface area contributed by atoms with Gasteiger partial charge in [-0.15, -0.1) is 0 Å². The Morgan fingerprint density at radius 1 is 0.981 bits per heavy atom. The molecular weight excluding hydrogens is 690 g/mol. The van der Waals surface area contributed by atoms with Crippen LogP contribution in [-0.2, 0) is 0 Å². The van der Waals surface area contributed by atoms with E-state index >= 15 is 0 Å². The molecule has 2 aliphatic rings. The molecule has 2 aromatic carbocycles. The fraction of sp³-hybridized carbons (Fsp3) is 0.316. The van der Waals surface area contributed by atoms with Crippen molar-refractivity contribution in [3.8, 4) is 5.88 Å². The third-order valence-corrected chi connectivity index (χ3v) is 10.4. The molecule has 5 heterocycles. The molecule has 278 valence electrons. The average molecular weight is 732 g/mol. The van der Waals surface area contributed by atoms with Crippen molar-refractivity contribution in [3.63, 3.8) is 0 Å². The Kier molecular flexibility index (Phi) is 9.43. The molecule has 7 N–H and O–H groups in total. The van der Waals surface area contributed by atoms with Gasteiger partial charge in [0.2, 0.25) is 11.8 Å². The summed E-state index contributed by atoms with van der Waals surface area (Å²) < 4.78 is 2.80. The van der Waals surface area contributed by atoms with Crippen LogP contribution in [0.3, 0.4) is 0 Å². The Bertz CT molecular complexity index is 2260. The number of urea groups is 1. The Labute approximate surface area is 309 Å². The number of hydrogen-bond acceptors (Lipinski definition) is 11. The maximum Gasteiger partial charge on any atom is 0.328 e. The van der Waals surface area contributed by atoms with Gasteiger partial charge in [0.25, 0.3) is 0 Å². The van der Waals surface area contributed by atoms with Gasteiger partial charge < -0.3 is 45.7 Å². The van der Waals surface area contributed by atoms with Crippen LogP contribution in [0.5, 0.6) is 5.88 Å². The number of carbonyl (C=O) groups is 1. The zero-order chi connectivity index (χ0) is 37.3. The lowest BCUT2D eigenvalue weighted by atomic mass is 9.91. The van der Waals surface area contributed by atoms with Gasteiger partial charge in [0.1, 0.15) is 12.2 Å². The molecule has 54 heavy (non-hydrogen) atoms. The Morgan fingerprint density at radius 3 is 2.37 bits per heavy atom. The summed E-state index contributed by atoms with van der Waals surface area (Å²) in [4.78, 5) is 48.8.